The smallest absolute Gasteiger partial charge is 0.748 e. The summed E-state index contributed by atoms with van der Waals surface area (Å²) in [5, 5.41) is 8.43. The number of aliphatic hydroxyl groups excluding tert-OH is 1. The van der Waals surface area contributed by atoms with Gasteiger partial charge in [-0.25, -0.2) is 8.42 Å². The van der Waals surface area contributed by atoms with Gasteiger partial charge in [-0.2, -0.15) is 0 Å². The summed E-state index contributed by atoms with van der Waals surface area (Å²) >= 11 is 0. The van der Waals surface area contributed by atoms with Crippen LogP contribution in [-0.2, 0) is 10.1 Å². The molecule has 16 heavy (non-hydrogen) atoms. The zero-order valence-corrected chi connectivity index (χ0v) is 14.4. The van der Waals surface area contributed by atoms with Crippen molar-refractivity contribution in [3.63, 3.8) is 0 Å². The van der Waals surface area contributed by atoms with Crippen molar-refractivity contribution < 1.29 is 69.5 Å². The summed E-state index contributed by atoms with van der Waals surface area (Å²) in [5.74, 6) is 0. The maximum absolute atomic E-state index is 10.9. The van der Waals surface area contributed by atoms with Crippen LogP contribution in [0.1, 0.15) is 52.4 Å². The standard InChI is InChI=1S/C10H22O4S.K/c1-3-5-6-7-10(15(12,13)14)8-9(11)4-2;/h9-11H,3-8H2,1-2H3,(H,12,13,14);/q;+1/p-1. The third kappa shape index (κ3) is 9.53. The van der Waals surface area contributed by atoms with Crippen LogP contribution in [-0.4, -0.2) is 29.4 Å². The van der Waals surface area contributed by atoms with Crippen molar-refractivity contribution in [3.05, 3.63) is 0 Å². The van der Waals surface area contributed by atoms with Crippen molar-refractivity contribution >= 4 is 10.1 Å². The van der Waals surface area contributed by atoms with Gasteiger partial charge in [-0.3, -0.25) is 0 Å². The van der Waals surface area contributed by atoms with E-state index >= 15 is 0 Å². The van der Waals surface area contributed by atoms with E-state index in [0.717, 1.165) is 19.3 Å². The first-order valence-corrected chi connectivity index (χ1v) is 7.01. The van der Waals surface area contributed by atoms with Crippen molar-refractivity contribution in [1.82, 2.24) is 0 Å². The van der Waals surface area contributed by atoms with Crippen molar-refractivity contribution in [2.75, 3.05) is 0 Å². The minimum absolute atomic E-state index is 0. The van der Waals surface area contributed by atoms with Gasteiger partial charge < -0.3 is 9.66 Å². The molecule has 0 bridgehead atoms. The van der Waals surface area contributed by atoms with E-state index in [9.17, 15) is 18.1 Å². The maximum atomic E-state index is 10.9. The quantitative estimate of drug-likeness (QED) is 0.338. The van der Waals surface area contributed by atoms with Gasteiger partial charge in [0.1, 0.15) is 0 Å². The Labute approximate surface area is 141 Å². The van der Waals surface area contributed by atoms with Crippen LogP contribution >= 0.6 is 0 Å². The predicted octanol–water partition coefficient (Wildman–Crippen LogP) is -1.35. The van der Waals surface area contributed by atoms with Gasteiger partial charge in [0.05, 0.1) is 21.5 Å². The molecule has 0 aromatic carbocycles. The Kier molecular flexibility index (Phi) is 12.9. The number of aliphatic hydroxyl groups is 1. The molecular weight excluding hydrogens is 255 g/mol. The first kappa shape index (κ1) is 19.8. The monoisotopic (exact) mass is 276 g/mol. The van der Waals surface area contributed by atoms with E-state index in [1.54, 1.807) is 6.92 Å². The number of hydrogen-bond acceptors (Lipinski definition) is 4. The van der Waals surface area contributed by atoms with Crippen LogP contribution in [0.2, 0.25) is 0 Å². The molecule has 0 aliphatic carbocycles. The van der Waals surface area contributed by atoms with Crippen LogP contribution in [0, 0.1) is 0 Å². The van der Waals surface area contributed by atoms with E-state index in [4.69, 9.17) is 0 Å². The molecule has 1 N–H and O–H groups in total. The fraction of sp³-hybridized carbons (Fsp3) is 1.00. The molecule has 0 amide bonds. The summed E-state index contributed by atoms with van der Waals surface area (Å²) in [6.07, 6.45) is 2.90. The molecule has 6 heteroatoms. The van der Waals surface area contributed by atoms with E-state index in [1.165, 1.54) is 0 Å². The predicted molar refractivity (Wildman–Crippen MR) is 58.5 cm³/mol. The second kappa shape index (κ2) is 10.4. The minimum atomic E-state index is -4.26. The van der Waals surface area contributed by atoms with Gasteiger partial charge in [0.2, 0.25) is 0 Å². The Morgan fingerprint density at radius 3 is 2.19 bits per heavy atom. The van der Waals surface area contributed by atoms with E-state index in [2.05, 4.69) is 0 Å². The molecule has 0 aromatic rings. The molecule has 0 radical (unpaired) electrons. The molecule has 0 saturated heterocycles. The van der Waals surface area contributed by atoms with E-state index in [1.807, 2.05) is 6.92 Å². The van der Waals surface area contributed by atoms with Gasteiger partial charge in [0, 0.05) is 0 Å². The fourth-order valence-corrected chi connectivity index (χ4v) is 2.39. The molecule has 0 saturated carbocycles. The molecule has 0 aliphatic heterocycles. The third-order valence-electron chi connectivity index (χ3n) is 2.54. The molecule has 0 aliphatic rings. The Morgan fingerprint density at radius 2 is 1.81 bits per heavy atom. The Morgan fingerprint density at radius 1 is 1.25 bits per heavy atom. The molecule has 92 valence electrons. The zero-order chi connectivity index (χ0) is 11.9. The zero-order valence-electron chi connectivity index (χ0n) is 10.5. The molecule has 0 heterocycles. The molecule has 0 fully saturated rings. The Balaban J connectivity index is 0. The third-order valence-corrected chi connectivity index (χ3v) is 3.79. The molecule has 2 unspecified atom stereocenters. The van der Waals surface area contributed by atoms with Gasteiger partial charge in [0.25, 0.3) is 0 Å². The van der Waals surface area contributed by atoms with Crippen molar-refractivity contribution in [3.8, 4) is 0 Å². The molecular formula is C10H21KO4S. The first-order valence-electron chi connectivity index (χ1n) is 5.54. The van der Waals surface area contributed by atoms with Crippen molar-refractivity contribution in [2.45, 2.75) is 63.7 Å². The Hall–Kier alpha value is 1.51. The average molecular weight is 276 g/mol. The Bertz CT molecular complexity index is 254. The van der Waals surface area contributed by atoms with Crippen LogP contribution in [0.5, 0.6) is 0 Å². The summed E-state index contributed by atoms with van der Waals surface area (Å²) in [4.78, 5) is 0. The fourth-order valence-electron chi connectivity index (χ4n) is 1.47. The largest absolute Gasteiger partial charge is 1.00 e. The first-order chi connectivity index (χ1) is 6.91. The molecule has 0 aromatic heterocycles. The molecule has 0 spiro atoms. The SMILES string of the molecule is CCCCCC(CC(O)CC)S(=O)(=O)[O-].[K+]. The summed E-state index contributed by atoms with van der Waals surface area (Å²) in [7, 11) is -4.26. The normalized spacial score (nSPS) is 15.2. The van der Waals surface area contributed by atoms with E-state index < -0.39 is 21.5 Å². The van der Waals surface area contributed by atoms with E-state index in [0.29, 0.717) is 12.8 Å². The summed E-state index contributed by atoms with van der Waals surface area (Å²) in [5.41, 5.74) is 0. The summed E-state index contributed by atoms with van der Waals surface area (Å²) in [6, 6.07) is 0. The second-order valence-electron chi connectivity index (χ2n) is 3.91. The van der Waals surface area contributed by atoms with Gasteiger partial charge in [-0.05, 0) is 19.3 Å². The number of unbranched alkanes of at least 4 members (excludes halogenated alkanes) is 2. The van der Waals surface area contributed by atoms with Crippen LogP contribution in [0.25, 0.3) is 0 Å². The van der Waals surface area contributed by atoms with Crippen LogP contribution in [0.4, 0.5) is 0 Å². The van der Waals surface area contributed by atoms with Gasteiger partial charge in [0.15, 0.2) is 0 Å². The van der Waals surface area contributed by atoms with Gasteiger partial charge in [-0.1, -0.05) is 33.1 Å². The number of hydrogen-bond donors (Lipinski definition) is 1. The minimum Gasteiger partial charge on any atom is -0.748 e. The number of rotatable bonds is 8. The molecule has 2 atom stereocenters. The summed E-state index contributed by atoms with van der Waals surface area (Å²) < 4.78 is 32.7. The van der Waals surface area contributed by atoms with Crippen LogP contribution < -0.4 is 51.4 Å². The van der Waals surface area contributed by atoms with E-state index in [-0.39, 0.29) is 57.8 Å². The topological polar surface area (TPSA) is 77.4 Å². The molecule has 4 nitrogen and oxygen atoms in total. The van der Waals surface area contributed by atoms with Gasteiger partial charge in [-0.15, -0.1) is 0 Å². The van der Waals surface area contributed by atoms with Gasteiger partial charge >= 0.3 is 51.4 Å². The second-order valence-corrected chi connectivity index (χ2v) is 5.56. The summed E-state index contributed by atoms with van der Waals surface area (Å²) in [6.45, 7) is 3.78. The van der Waals surface area contributed by atoms with Crippen molar-refractivity contribution in [1.29, 1.82) is 0 Å². The van der Waals surface area contributed by atoms with Crippen molar-refractivity contribution in [2.24, 2.45) is 0 Å². The van der Waals surface area contributed by atoms with Crippen LogP contribution in [0.15, 0.2) is 0 Å². The van der Waals surface area contributed by atoms with Crippen LogP contribution in [0.3, 0.4) is 0 Å². The maximum Gasteiger partial charge on any atom is 1.00 e. The molecule has 0 rings (SSSR count). The average Bonchev–Trinajstić information content (AvgIpc) is 2.14.